The number of nitrogens with one attached hydrogen (secondary N) is 1. The van der Waals surface area contributed by atoms with Crippen molar-refractivity contribution in [3.63, 3.8) is 0 Å². The van der Waals surface area contributed by atoms with Crippen molar-refractivity contribution >= 4 is 17.9 Å². The molecule has 0 spiro atoms. The van der Waals surface area contributed by atoms with Crippen LogP contribution in [0.5, 0.6) is 0 Å². The van der Waals surface area contributed by atoms with E-state index in [-0.39, 0.29) is 5.78 Å². The highest BCUT2D eigenvalue weighted by Crippen LogP contribution is 2.41. The Labute approximate surface area is 208 Å². The molecule has 5 nitrogen and oxygen atoms in total. The minimum Gasteiger partial charge on any atom is -0.318 e. The number of hydrogen-bond donors (Lipinski definition) is 1. The molecule has 2 aliphatic rings. The summed E-state index contributed by atoms with van der Waals surface area (Å²) >= 11 is 1.43. The van der Waals surface area contributed by atoms with Gasteiger partial charge in [0.05, 0.1) is 29.7 Å². The highest BCUT2D eigenvalue weighted by molar-refractivity contribution is 7.95. The van der Waals surface area contributed by atoms with Gasteiger partial charge in [-0.3, -0.25) is 9.10 Å². The Hall–Kier alpha value is -4.29. The van der Waals surface area contributed by atoms with Crippen molar-refractivity contribution in [1.82, 2.24) is 18.6 Å². The van der Waals surface area contributed by atoms with Gasteiger partial charge in [0.15, 0.2) is 0 Å². The molecule has 4 aromatic rings. The number of Topliss-reactive ketones (excluding diaryl/α,β-unsaturated/α-hetero) is 1. The molecule has 0 saturated heterocycles. The van der Waals surface area contributed by atoms with Crippen molar-refractivity contribution in [3.05, 3.63) is 162 Å². The Bertz CT molecular complexity index is 1360. The zero-order chi connectivity index (χ0) is 23.7. The van der Waals surface area contributed by atoms with Gasteiger partial charge < -0.3 is 9.29 Å². The summed E-state index contributed by atoms with van der Waals surface area (Å²) in [6.45, 7) is 0. The molecule has 6 rings (SSSR count). The van der Waals surface area contributed by atoms with E-state index in [1.807, 2.05) is 89.7 Å². The molecule has 0 atom stereocenters. The number of benzene rings is 3. The number of hydrogen-bond acceptors (Lipinski definition) is 5. The molecule has 1 N–H and O–H groups in total. The number of nitrogens with zero attached hydrogens (tertiary/aromatic N) is 3. The molecule has 6 heteroatoms. The van der Waals surface area contributed by atoms with Crippen molar-refractivity contribution < 1.29 is 4.79 Å². The second-order valence-corrected chi connectivity index (χ2v) is 9.10. The number of aromatic nitrogens is 2. The minimum atomic E-state index is -0.702. The van der Waals surface area contributed by atoms with Crippen LogP contribution < -0.4 is 4.72 Å². The first-order chi connectivity index (χ1) is 17.3. The Kier molecular flexibility index (Phi) is 5.35. The van der Waals surface area contributed by atoms with E-state index in [1.165, 1.54) is 12.1 Å². The van der Waals surface area contributed by atoms with E-state index >= 15 is 0 Å². The summed E-state index contributed by atoms with van der Waals surface area (Å²) in [5.41, 5.74) is 4.39. The SMILES string of the molecule is O=C(C1=CC=CN2SNC=C12)c1cn(C(c2ccccc2)(c2ccccc2)c2ccccc2)cn1. The number of imidazole rings is 1. The highest BCUT2D eigenvalue weighted by atomic mass is 32.2. The quantitative estimate of drug-likeness (QED) is 0.222. The van der Waals surface area contributed by atoms with E-state index in [2.05, 4.69) is 50.7 Å². The minimum absolute atomic E-state index is 0.114. The van der Waals surface area contributed by atoms with Crippen LogP contribution in [0.4, 0.5) is 0 Å². The lowest BCUT2D eigenvalue weighted by Gasteiger charge is -2.37. The summed E-state index contributed by atoms with van der Waals surface area (Å²) < 4.78 is 7.10. The predicted molar refractivity (Wildman–Crippen MR) is 139 cm³/mol. The Morgan fingerprint density at radius 1 is 0.829 bits per heavy atom. The van der Waals surface area contributed by atoms with Gasteiger partial charge in [-0.2, -0.15) is 0 Å². The van der Waals surface area contributed by atoms with E-state index in [9.17, 15) is 4.79 Å². The molecular weight excluding hydrogens is 452 g/mol. The molecule has 0 unspecified atom stereocenters. The smallest absolute Gasteiger partial charge is 0.215 e. The van der Waals surface area contributed by atoms with Gasteiger partial charge >= 0.3 is 0 Å². The van der Waals surface area contributed by atoms with E-state index in [4.69, 9.17) is 0 Å². The van der Waals surface area contributed by atoms with Crippen LogP contribution in [0, 0.1) is 0 Å². The standard InChI is InChI=1S/C29H22N4OS/c34-28(25-17-10-18-33-27(25)19-31-35-33)26-20-32(21-30-26)29(22-11-4-1-5-12-22,23-13-6-2-7-14-23)24-15-8-3-9-16-24/h1-21,31H. The third-order valence-electron chi connectivity index (χ3n) is 6.37. The molecule has 3 heterocycles. The average Bonchev–Trinajstić information content (AvgIpc) is 3.61. The fourth-order valence-corrected chi connectivity index (χ4v) is 5.46. The topological polar surface area (TPSA) is 50.2 Å². The van der Waals surface area contributed by atoms with Crippen molar-refractivity contribution in [3.8, 4) is 0 Å². The number of allylic oxidation sites excluding steroid dienone is 3. The molecule has 0 amide bonds. The zero-order valence-corrected chi connectivity index (χ0v) is 19.6. The van der Waals surface area contributed by atoms with Crippen LogP contribution in [-0.4, -0.2) is 19.6 Å². The number of fused-ring (bicyclic) bond motifs is 1. The Balaban J connectivity index is 1.54. The summed E-state index contributed by atoms with van der Waals surface area (Å²) in [5, 5.41) is 0. The average molecular weight is 475 g/mol. The van der Waals surface area contributed by atoms with Crippen molar-refractivity contribution in [2.45, 2.75) is 5.54 Å². The largest absolute Gasteiger partial charge is 0.318 e. The first kappa shape index (κ1) is 21.3. The van der Waals surface area contributed by atoms with Gasteiger partial charge in [0.2, 0.25) is 5.78 Å². The molecule has 0 fully saturated rings. The number of rotatable bonds is 6. The summed E-state index contributed by atoms with van der Waals surface area (Å²) in [6.07, 6.45) is 11.1. The number of carbonyl (C=O) groups is 1. The zero-order valence-electron chi connectivity index (χ0n) is 18.8. The van der Waals surface area contributed by atoms with Crippen LogP contribution in [0.1, 0.15) is 27.2 Å². The molecule has 3 aromatic carbocycles. The van der Waals surface area contributed by atoms with E-state index in [0.717, 1.165) is 22.4 Å². The van der Waals surface area contributed by atoms with Crippen LogP contribution in [0.3, 0.4) is 0 Å². The summed E-state index contributed by atoms with van der Waals surface area (Å²) in [6, 6.07) is 31.1. The third-order valence-corrected chi connectivity index (χ3v) is 7.10. The van der Waals surface area contributed by atoms with Gasteiger partial charge in [0, 0.05) is 18.6 Å². The van der Waals surface area contributed by atoms with Crippen molar-refractivity contribution in [2.24, 2.45) is 0 Å². The van der Waals surface area contributed by atoms with Crippen LogP contribution >= 0.6 is 12.1 Å². The van der Waals surface area contributed by atoms with Gasteiger partial charge in [0.25, 0.3) is 0 Å². The molecule has 0 saturated carbocycles. The second kappa shape index (κ2) is 8.81. The maximum Gasteiger partial charge on any atom is 0.215 e. The van der Waals surface area contributed by atoms with E-state index < -0.39 is 5.54 Å². The lowest BCUT2D eigenvalue weighted by Crippen LogP contribution is -2.37. The predicted octanol–water partition coefficient (Wildman–Crippen LogP) is 5.67. The molecule has 35 heavy (non-hydrogen) atoms. The van der Waals surface area contributed by atoms with Gasteiger partial charge in [-0.05, 0) is 28.8 Å². The molecule has 0 aliphatic carbocycles. The monoisotopic (exact) mass is 474 g/mol. The molecular formula is C29H22N4OS. The van der Waals surface area contributed by atoms with E-state index in [0.29, 0.717) is 11.3 Å². The fourth-order valence-electron chi connectivity index (χ4n) is 4.80. The molecule has 2 aliphatic heterocycles. The van der Waals surface area contributed by atoms with Gasteiger partial charge in [-0.25, -0.2) is 4.98 Å². The molecule has 0 bridgehead atoms. The Morgan fingerprint density at radius 3 is 1.97 bits per heavy atom. The first-order valence-electron chi connectivity index (χ1n) is 11.3. The van der Waals surface area contributed by atoms with Crippen molar-refractivity contribution in [2.75, 3.05) is 0 Å². The fraction of sp³-hybridized carbons (Fsp3) is 0.0345. The first-order valence-corrected chi connectivity index (χ1v) is 12.1. The normalized spacial score (nSPS) is 14.7. The lowest BCUT2D eigenvalue weighted by atomic mass is 9.77. The van der Waals surface area contributed by atoms with Crippen LogP contribution in [-0.2, 0) is 5.54 Å². The molecule has 170 valence electrons. The van der Waals surface area contributed by atoms with Crippen molar-refractivity contribution in [1.29, 1.82) is 0 Å². The Morgan fingerprint density at radius 2 is 1.40 bits per heavy atom. The lowest BCUT2D eigenvalue weighted by molar-refractivity contribution is 0.103. The maximum absolute atomic E-state index is 13.6. The van der Waals surface area contributed by atoms with Crippen LogP contribution in [0.25, 0.3) is 0 Å². The second-order valence-electron chi connectivity index (χ2n) is 8.29. The summed E-state index contributed by atoms with van der Waals surface area (Å²) in [4.78, 5) is 18.2. The third kappa shape index (κ3) is 3.50. The number of ketones is 1. The van der Waals surface area contributed by atoms with Gasteiger partial charge in [0.1, 0.15) is 11.2 Å². The summed E-state index contributed by atoms with van der Waals surface area (Å²) in [7, 11) is 0. The van der Waals surface area contributed by atoms with E-state index in [1.54, 1.807) is 6.33 Å². The number of carbonyl (C=O) groups excluding carboxylic acids is 1. The molecule has 0 radical (unpaired) electrons. The maximum atomic E-state index is 13.6. The van der Waals surface area contributed by atoms with Crippen LogP contribution in [0.2, 0.25) is 0 Å². The van der Waals surface area contributed by atoms with Gasteiger partial charge in [-0.15, -0.1) is 0 Å². The summed E-state index contributed by atoms with van der Waals surface area (Å²) in [5.74, 6) is -0.114. The van der Waals surface area contributed by atoms with Gasteiger partial charge in [-0.1, -0.05) is 91.0 Å². The molecule has 1 aromatic heterocycles. The van der Waals surface area contributed by atoms with Crippen LogP contribution in [0.15, 0.2) is 139 Å². The highest BCUT2D eigenvalue weighted by Gasteiger charge is 2.39.